The van der Waals surface area contributed by atoms with Crippen LogP contribution in [0.4, 0.5) is 17.3 Å². The highest BCUT2D eigenvalue weighted by molar-refractivity contribution is 6.31. The molecule has 2 aliphatic rings. The molecule has 1 fully saturated rings. The number of ether oxygens (including phenoxy) is 1. The highest BCUT2D eigenvalue weighted by Gasteiger charge is 2.21. The first-order valence-corrected chi connectivity index (χ1v) is 11.6. The van der Waals surface area contributed by atoms with E-state index in [0.717, 1.165) is 42.9 Å². The van der Waals surface area contributed by atoms with E-state index in [-0.39, 0.29) is 18.2 Å². The van der Waals surface area contributed by atoms with Crippen molar-refractivity contribution in [2.75, 3.05) is 30.4 Å². The number of carbonyl (C=O) groups is 2. The van der Waals surface area contributed by atoms with Crippen LogP contribution in [0.25, 0.3) is 11.3 Å². The fraction of sp³-hybridized carbons (Fsp3) is 0.280. The molecular weight excluding hydrogens is 454 g/mol. The van der Waals surface area contributed by atoms with Crippen molar-refractivity contribution >= 4 is 40.7 Å². The van der Waals surface area contributed by atoms with Gasteiger partial charge in [-0.1, -0.05) is 11.6 Å². The van der Waals surface area contributed by atoms with Gasteiger partial charge in [-0.05, 0) is 61.2 Å². The number of rotatable bonds is 5. The average molecular weight is 478 g/mol. The van der Waals surface area contributed by atoms with Crippen molar-refractivity contribution in [3.05, 3.63) is 64.8 Å². The van der Waals surface area contributed by atoms with Crippen molar-refractivity contribution in [1.29, 1.82) is 0 Å². The summed E-state index contributed by atoms with van der Waals surface area (Å²) in [5.41, 5.74) is 4.16. The number of carbonyl (C=O) groups excluding carboxylic acids is 2. The average Bonchev–Trinajstić information content (AvgIpc) is 2.98. The van der Waals surface area contributed by atoms with E-state index >= 15 is 0 Å². The summed E-state index contributed by atoms with van der Waals surface area (Å²) in [4.78, 5) is 33.8. The monoisotopic (exact) mass is 477 g/mol. The molecule has 3 N–H and O–H groups in total. The number of anilines is 3. The van der Waals surface area contributed by atoms with Gasteiger partial charge < -0.3 is 20.7 Å². The van der Waals surface area contributed by atoms with E-state index in [2.05, 4.69) is 25.9 Å². The minimum atomic E-state index is -0.141. The third-order valence-electron chi connectivity index (χ3n) is 6.02. The van der Waals surface area contributed by atoms with Crippen LogP contribution in [0.15, 0.2) is 48.7 Å². The summed E-state index contributed by atoms with van der Waals surface area (Å²) in [7, 11) is 0. The molecule has 1 aromatic heterocycles. The molecule has 0 aliphatic carbocycles. The van der Waals surface area contributed by atoms with Crippen LogP contribution in [-0.4, -0.2) is 41.5 Å². The fourth-order valence-electron chi connectivity index (χ4n) is 4.15. The summed E-state index contributed by atoms with van der Waals surface area (Å²) in [5.74, 6) is 0.630. The molecule has 0 bridgehead atoms. The summed E-state index contributed by atoms with van der Waals surface area (Å²) in [6, 6.07) is 12.5. The van der Waals surface area contributed by atoms with Crippen molar-refractivity contribution in [2.24, 2.45) is 5.92 Å². The van der Waals surface area contributed by atoms with Gasteiger partial charge in [-0.25, -0.2) is 9.97 Å². The first-order chi connectivity index (χ1) is 16.5. The van der Waals surface area contributed by atoms with E-state index in [0.29, 0.717) is 40.4 Å². The highest BCUT2D eigenvalue weighted by atomic mass is 35.5. The normalized spacial score (nSPS) is 15.5. The molecule has 174 valence electrons. The van der Waals surface area contributed by atoms with Gasteiger partial charge in [0.2, 0.25) is 11.9 Å². The lowest BCUT2D eigenvalue weighted by Crippen LogP contribution is -2.32. The Morgan fingerprint density at radius 3 is 2.74 bits per heavy atom. The number of hydrogen-bond acceptors (Lipinski definition) is 6. The lowest BCUT2D eigenvalue weighted by atomic mass is 10.0. The Labute approximate surface area is 202 Å². The molecule has 2 aliphatic heterocycles. The van der Waals surface area contributed by atoms with Gasteiger partial charge in [0, 0.05) is 53.4 Å². The number of benzene rings is 2. The molecule has 5 rings (SSSR count). The summed E-state index contributed by atoms with van der Waals surface area (Å²) in [5, 5.41) is 9.60. The van der Waals surface area contributed by atoms with Gasteiger partial charge in [-0.15, -0.1) is 0 Å². The van der Waals surface area contributed by atoms with E-state index < -0.39 is 0 Å². The van der Waals surface area contributed by atoms with Crippen molar-refractivity contribution < 1.29 is 14.3 Å². The number of amides is 2. The number of fused-ring (bicyclic) bond motifs is 3. The van der Waals surface area contributed by atoms with E-state index in [1.54, 1.807) is 30.5 Å². The summed E-state index contributed by atoms with van der Waals surface area (Å²) >= 11 is 6.11. The smallest absolute Gasteiger partial charge is 0.251 e. The maximum absolute atomic E-state index is 12.5. The first-order valence-electron chi connectivity index (χ1n) is 11.2. The standard InChI is InChI=1S/C25H24ClN5O3/c26-18-3-6-20-21(12-18)30-22(32)11-17-14-28-25(31-23(17)20)29-19-4-1-16(2-5-19)24(33)27-13-15-7-9-34-10-8-15/h1-6,12,14-15H,7-11,13H2,(H,27,33)(H,30,32)(H,28,29,31). The molecule has 2 amide bonds. The van der Waals surface area contributed by atoms with Gasteiger partial charge in [0.05, 0.1) is 17.8 Å². The minimum Gasteiger partial charge on any atom is -0.381 e. The van der Waals surface area contributed by atoms with Crippen molar-refractivity contribution in [1.82, 2.24) is 15.3 Å². The molecule has 34 heavy (non-hydrogen) atoms. The second-order valence-corrected chi connectivity index (χ2v) is 8.89. The number of halogens is 1. The molecule has 9 heteroatoms. The quantitative estimate of drug-likeness (QED) is 0.509. The van der Waals surface area contributed by atoms with E-state index in [1.807, 2.05) is 18.2 Å². The SMILES string of the molecule is O=C1Cc2cnc(Nc3ccc(C(=O)NCC4CCOCC4)cc3)nc2-c2ccc(Cl)cc2N1. The summed E-state index contributed by atoms with van der Waals surface area (Å²) in [6.45, 7) is 2.19. The molecule has 0 radical (unpaired) electrons. The van der Waals surface area contributed by atoms with Gasteiger partial charge >= 0.3 is 0 Å². The second-order valence-electron chi connectivity index (χ2n) is 8.45. The molecule has 3 heterocycles. The van der Waals surface area contributed by atoms with Gasteiger partial charge in [0.1, 0.15) is 0 Å². The molecular formula is C25H24ClN5O3. The lowest BCUT2D eigenvalue weighted by Gasteiger charge is -2.22. The van der Waals surface area contributed by atoms with Gasteiger partial charge in [-0.2, -0.15) is 0 Å². The molecule has 0 spiro atoms. The van der Waals surface area contributed by atoms with Crippen molar-refractivity contribution in [2.45, 2.75) is 19.3 Å². The van der Waals surface area contributed by atoms with Crippen LogP contribution in [0.5, 0.6) is 0 Å². The van der Waals surface area contributed by atoms with Crippen LogP contribution in [0.3, 0.4) is 0 Å². The van der Waals surface area contributed by atoms with E-state index in [9.17, 15) is 9.59 Å². The molecule has 1 saturated heterocycles. The molecule has 2 aromatic carbocycles. The topological polar surface area (TPSA) is 105 Å². The van der Waals surface area contributed by atoms with Crippen LogP contribution in [0, 0.1) is 5.92 Å². The third-order valence-corrected chi connectivity index (χ3v) is 6.26. The van der Waals surface area contributed by atoms with Gasteiger partial charge in [0.25, 0.3) is 5.91 Å². The zero-order chi connectivity index (χ0) is 23.5. The molecule has 0 unspecified atom stereocenters. The van der Waals surface area contributed by atoms with Gasteiger partial charge in [0.15, 0.2) is 0 Å². The highest BCUT2D eigenvalue weighted by Crippen LogP contribution is 2.34. The van der Waals surface area contributed by atoms with Crippen molar-refractivity contribution in [3.8, 4) is 11.3 Å². The van der Waals surface area contributed by atoms with Crippen LogP contribution in [0.1, 0.15) is 28.8 Å². The van der Waals surface area contributed by atoms with Crippen molar-refractivity contribution in [3.63, 3.8) is 0 Å². The van der Waals surface area contributed by atoms with Crippen LogP contribution >= 0.6 is 11.6 Å². The summed E-state index contributed by atoms with van der Waals surface area (Å²) in [6.07, 6.45) is 3.79. The van der Waals surface area contributed by atoms with Crippen LogP contribution in [-0.2, 0) is 16.0 Å². The minimum absolute atomic E-state index is 0.0910. The molecule has 0 atom stereocenters. The first kappa shape index (κ1) is 22.3. The number of nitrogens with one attached hydrogen (secondary N) is 3. The molecule has 3 aromatic rings. The Hall–Kier alpha value is -3.49. The van der Waals surface area contributed by atoms with E-state index in [1.165, 1.54) is 0 Å². The number of hydrogen-bond donors (Lipinski definition) is 3. The zero-order valence-corrected chi connectivity index (χ0v) is 19.2. The maximum Gasteiger partial charge on any atom is 0.251 e. The Bertz CT molecular complexity index is 1230. The molecule has 0 saturated carbocycles. The zero-order valence-electron chi connectivity index (χ0n) is 18.4. The number of nitrogens with zero attached hydrogens (tertiary/aromatic N) is 2. The predicted molar refractivity (Wildman–Crippen MR) is 130 cm³/mol. The predicted octanol–water partition coefficient (Wildman–Crippen LogP) is 4.19. The fourth-order valence-corrected chi connectivity index (χ4v) is 4.32. The van der Waals surface area contributed by atoms with E-state index in [4.69, 9.17) is 16.3 Å². The maximum atomic E-state index is 12.5. The lowest BCUT2D eigenvalue weighted by molar-refractivity contribution is -0.115. The van der Waals surface area contributed by atoms with Crippen LogP contribution in [0.2, 0.25) is 5.02 Å². The number of aromatic nitrogens is 2. The third kappa shape index (κ3) is 5.03. The summed E-state index contributed by atoms with van der Waals surface area (Å²) < 4.78 is 5.36. The Balaban J connectivity index is 1.29. The Kier molecular flexibility index (Phi) is 6.42. The van der Waals surface area contributed by atoms with Gasteiger partial charge in [-0.3, -0.25) is 9.59 Å². The largest absolute Gasteiger partial charge is 0.381 e. The second kappa shape index (κ2) is 9.79. The molecule has 8 nitrogen and oxygen atoms in total. The van der Waals surface area contributed by atoms with Crippen LogP contribution < -0.4 is 16.0 Å². The Morgan fingerprint density at radius 1 is 1.15 bits per heavy atom. The Morgan fingerprint density at radius 2 is 1.94 bits per heavy atom.